The monoisotopic (exact) mass is 269 g/mol. The first kappa shape index (κ1) is 12.6. The van der Waals surface area contributed by atoms with Gasteiger partial charge in [-0.2, -0.15) is 10.2 Å². The molecule has 0 aliphatic carbocycles. The van der Waals surface area contributed by atoms with Crippen LogP contribution in [-0.2, 0) is 0 Å². The van der Waals surface area contributed by atoms with E-state index in [1.165, 1.54) is 31.9 Å². The van der Waals surface area contributed by atoms with Crippen LogP contribution in [-0.4, -0.2) is 28.2 Å². The number of rotatable bonds is 2. The van der Waals surface area contributed by atoms with E-state index in [0.29, 0.717) is 23.1 Å². The number of aromatic nitrogens is 3. The molecular formula is C14H15N5O. The summed E-state index contributed by atoms with van der Waals surface area (Å²) in [5, 5.41) is 12.8. The van der Waals surface area contributed by atoms with Crippen LogP contribution in [0.5, 0.6) is 0 Å². The highest BCUT2D eigenvalue weighted by Crippen LogP contribution is 2.20. The molecule has 0 saturated carbocycles. The minimum atomic E-state index is 0.397. The van der Waals surface area contributed by atoms with Crippen molar-refractivity contribution < 1.29 is 4.52 Å². The molecule has 3 heterocycles. The molecule has 0 atom stereocenters. The van der Waals surface area contributed by atoms with Gasteiger partial charge < -0.3 is 9.42 Å². The van der Waals surface area contributed by atoms with Gasteiger partial charge in [-0.1, -0.05) is 12.8 Å². The first-order chi connectivity index (χ1) is 9.86. The summed E-state index contributed by atoms with van der Waals surface area (Å²) in [4.78, 5) is 10.7. The zero-order valence-corrected chi connectivity index (χ0v) is 11.1. The molecule has 0 radical (unpaired) electrons. The smallest absolute Gasteiger partial charge is 0.278 e. The molecule has 1 aliphatic heterocycles. The number of hydrogen-bond acceptors (Lipinski definition) is 6. The SMILES string of the molecule is N#Cc1ccc(-c2nc(N3CCCCCC3)no2)nc1. The van der Waals surface area contributed by atoms with Crippen LogP contribution < -0.4 is 4.90 Å². The molecule has 0 amide bonds. The molecule has 20 heavy (non-hydrogen) atoms. The Morgan fingerprint density at radius 1 is 1.15 bits per heavy atom. The molecule has 2 aromatic rings. The Morgan fingerprint density at radius 2 is 1.95 bits per heavy atom. The van der Waals surface area contributed by atoms with Crippen LogP contribution in [0.2, 0.25) is 0 Å². The first-order valence-corrected chi connectivity index (χ1v) is 6.82. The average Bonchev–Trinajstić information content (AvgIpc) is 2.83. The zero-order valence-electron chi connectivity index (χ0n) is 11.1. The lowest BCUT2D eigenvalue weighted by atomic mass is 10.2. The molecule has 2 aromatic heterocycles. The van der Waals surface area contributed by atoms with Crippen molar-refractivity contribution in [3.63, 3.8) is 0 Å². The third-order valence-electron chi connectivity index (χ3n) is 3.42. The van der Waals surface area contributed by atoms with E-state index in [-0.39, 0.29) is 0 Å². The van der Waals surface area contributed by atoms with E-state index < -0.39 is 0 Å². The summed E-state index contributed by atoms with van der Waals surface area (Å²) >= 11 is 0. The van der Waals surface area contributed by atoms with Gasteiger partial charge in [-0.05, 0) is 30.1 Å². The van der Waals surface area contributed by atoms with Crippen molar-refractivity contribution >= 4 is 5.95 Å². The van der Waals surface area contributed by atoms with Gasteiger partial charge in [0.15, 0.2) is 0 Å². The highest BCUT2D eigenvalue weighted by atomic mass is 16.5. The minimum absolute atomic E-state index is 0.397. The molecule has 3 rings (SSSR count). The fourth-order valence-corrected chi connectivity index (χ4v) is 2.31. The van der Waals surface area contributed by atoms with E-state index in [1.54, 1.807) is 12.1 Å². The molecule has 1 aliphatic rings. The summed E-state index contributed by atoms with van der Waals surface area (Å²) < 4.78 is 5.27. The molecule has 0 unspecified atom stereocenters. The Labute approximate surface area is 117 Å². The van der Waals surface area contributed by atoms with Crippen LogP contribution in [0.25, 0.3) is 11.6 Å². The van der Waals surface area contributed by atoms with Gasteiger partial charge in [-0.25, -0.2) is 4.98 Å². The third-order valence-corrected chi connectivity index (χ3v) is 3.42. The second-order valence-electron chi connectivity index (χ2n) is 4.84. The highest BCUT2D eigenvalue weighted by molar-refractivity contribution is 5.50. The van der Waals surface area contributed by atoms with Crippen molar-refractivity contribution in [2.75, 3.05) is 18.0 Å². The quantitative estimate of drug-likeness (QED) is 0.832. The van der Waals surface area contributed by atoms with Crippen molar-refractivity contribution in [2.45, 2.75) is 25.7 Å². The number of nitrogens with zero attached hydrogens (tertiary/aromatic N) is 5. The van der Waals surface area contributed by atoms with Crippen LogP contribution in [0, 0.1) is 11.3 Å². The van der Waals surface area contributed by atoms with E-state index >= 15 is 0 Å². The fourth-order valence-electron chi connectivity index (χ4n) is 2.31. The summed E-state index contributed by atoms with van der Waals surface area (Å²) in [5.74, 6) is 1.03. The van der Waals surface area contributed by atoms with Crippen LogP contribution in [0.4, 0.5) is 5.95 Å². The molecule has 102 valence electrons. The average molecular weight is 269 g/mol. The maximum absolute atomic E-state index is 8.75. The summed E-state index contributed by atoms with van der Waals surface area (Å²) in [6.45, 7) is 1.94. The summed E-state index contributed by atoms with van der Waals surface area (Å²) in [5.41, 5.74) is 1.11. The highest BCUT2D eigenvalue weighted by Gasteiger charge is 2.17. The molecule has 0 N–H and O–H groups in total. The molecule has 6 heteroatoms. The Kier molecular flexibility index (Phi) is 3.59. The lowest BCUT2D eigenvalue weighted by Crippen LogP contribution is -2.24. The van der Waals surface area contributed by atoms with Gasteiger partial charge in [0, 0.05) is 19.3 Å². The van der Waals surface area contributed by atoms with E-state index in [0.717, 1.165) is 13.1 Å². The topological polar surface area (TPSA) is 78.8 Å². The van der Waals surface area contributed by atoms with Crippen LogP contribution in [0.3, 0.4) is 0 Å². The fraction of sp³-hybridized carbons (Fsp3) is 0.429. The van der Waals surface area contributed by atoms with Gasteiger partial charge in [-0.3, -0.25) is 0 Å². The predicted octanol–water partition coefficient (Wildman–Crippen LogP) is 2.38. The van der Waals surface area contributed by atoms with Crippen molar-refractivity contribution in [3.8, 4) is 17.7 Å². The zero-order chi connectivity index (χ0) is 13.8. The Hall–Kier alpha value is -2.42. The van der Waals surface area contributed by atoms with Crippen molar-refractivity contribution in [2.24, 2.45) is 0 Å². The Morgan fingerprint density at radius 3 is 2.60 bits per heavy atom. The normalized spacial score (nSPS) is 15.7. The summed E-state index contributed by atoms with van der Waals surface area (Å²) in [7, 11) is 0. The van der Waals surface area contributed by atoms with Crippen molar-refractivity contribution in [1.29, 1.82) is 5.26 Å². The lowest BCUT2D eigenvalue weighted by Gasteiger charge is -2.16. The van der Waals surface area contributed by atoms with Gasteiger partial charge in [0.1, 0.15) is 11.8 Å². The van der Waals surface area contributed by atoms with Crippen molar-refractivity contribution in [1.82, 2.24) is 15.1 Å². The number of pyridine rings is 1. The molecule has 0 spiro atoms. The van der Waals surface area contributed by atoms with E-state index in [2.05, 4.69) is 20.0 Å². The van der Waals surface area contributed by atoms with Crippen LogP contribution >= 0.6 is 0 Å². The van der Waals surface area contributed by atoms with Gasteiger partial charge in [0.05, 0.1) is 5.56 Å². The van der Waals surface area contributed by atoms with Gasteiger partial charge >= 0.3 is 0 Å². The summed E-state index contributed by atoms with van der Waals surface area (Å²) in [6.07, 6.45) is 6.36. The molecule has 1 saturated heterocycles. The van der Waals surface area contributed by atoms with Gasteiger partial charge in [0.25, 0.3) is 11.8 Å². The van der Waals surface area contributed by atoms with E-state index in [9.17, 15) is 0 Å². The molecule has 6 nitrogen and oxygen atoms in total. The number of hydrogen-bond donors (Lipinski definition) is 0. The first-order valence-electron chi connectivity index (χ1n) is 6.82. The van der Waals surface area contributed by atoms with Gasteiger partial charge in [0.2, 0.25) is 0 Å². The molecule has 0 aromatic carbocycles. The second-order valence-corrected chi connectivity index (χ2v) is 4.84. The van der Waals surface area contributed by atoms with Crippen LogP contribution in [0.1, 0.15) is 31.2 Å². The Balaban J connectivity index is 1.80. The Bertz CT molecular complexity index is 605. The lowest BCUT2D eigenvalue weighted by molar-refractivity contribution is 0.428. The van der Waals surface area contributed by atoms with E-state index in [1.807, 2.05) is 6.07 Å². The molecule has 0 bridgehead atoms. The maximum Gasteiger partial charge on any atom is 0.278 e. The van der Waals surface area contributed by atoms with Crippen molar-refractivity contribution in [3.05, 3.63) is 23.9 Å². The second kappa shape index (κ2) is 5.70. The maximum atomic E-state index is 8.75. The predicted molar refractivity (Wildman–Crippen MR) is 72.9 cm³/mol. The summed E-state index contributed by atoms with van der Waals surface area (Å²) in [6, 6.07) is 5.45. The standard InChI is InChI=1S/C14H15N5O/c15-9-11-5-6-12(16-10-11)13-17-14(18-20-13)19-7-3-1-2-4-8-19/h5-6,10H,1-4,7-8H2. The van der Waals surface area contributed by atoms with Crippen LogP contribution in [0.15, 0.2) is 22.9 Å². The third kappa shape index (κ3) is 2.62. The van der Waals surface area contributed by atoms with E-state index in [4.69, 9.17) is 9.78 Å². The largest absolute Gasteiger partial charge is 0.338 e. The molecular weight excluding hydrogens is 254 g/mol. The van der Waals surface area contributed by atoms with Gasteiger partial charge in [-0.15, -0.1) is 0 Å². The minimum Gasteiger partial charge on any atom is -0.338 e. The number of nitriles is 1. The molecule has 1 fully saturated rings. The number of anilines is 1.